The average molecular weight is 351 g/mol. The van der Waals surface area contributed by atoms with E-state index in [1.807, 2.05) is 23.6 Å². The number of aromatic nitrogens is 1. The van der Waals surface area contributed by atoms with Gasteiger partial charge in [0.2, 0.25) is 15.9 Å². The average Bonchev–Trinajstić information content (AvgIpc) is 3.15. The molecule has 1 atom stereocenters. The van der Waals surface area contributed by atoms with Crippen LogP contribution in [0.2, 0.25) is 0 Å². The quantitative estimate of drug-likeness (QED) is 0.882. The Kier molecular flexibility index (Phi) is 4.47. The summed E-state index contributed by atoms with van der Waals surface area (Å²) >= 11 is 1.45. The monoisotopic (exact) mass is 351 g/mol. The molecule has 0 unspecified atom stereocenters. The lowest BCUT2D eigenvalue weighted by atomic mass is 10.1. The van der Waals surface area contributed by atoms with Crippen molar-refractivity contribution in [2.45, 2.75) is 12.3 Å². The van der Waals surface area contributed by atoms with Gasteiger partial charge in [0.15, 0.2) is 0 Å². The minimum atomic E-state index is -3.36. The van der Waals surface area contributed by atoms with Crippen LogP contribution >= 0.6 is 11.3 Å². The molecule has 2 aromatic rings. The number of anilines is 1. The van der Waals surface area contributed by atoms with Crippen LogP contribution in [0.1, 0.15) is 16.4 Å². The topological polar surface area (TPSA) is 79.4 Å². The largest absolute Gasteiger partial charge is 0.310 e. The van der Waals surface area contributed by atoms with Gasteiger partial charge >= 0.3 is 0 Å². The van der Waals surface area contributed by atoms with Gasteiger partial charge in [-0.2, -0.15) is 0 Å². The van der Waals surface area contributed by atoms with E-state index >= 15 is 0 Å². The summed E-state index contributed by atoms with van der Waals surface area (Å²) in [6, 6.07) is 5.63. The molecule has 1 N–H and O–H groups in total. The van der Waals surface area contributed by atoms with Gasteiger partial charge in [0.25, 0.3) is 0 Å². The highest BCUT2D eigenvalue weighted by molar-refractivity contribution is 7.88. The molecule has 6 nitrogen and oxygen atoms in total. The van der Waals surface area contributed by atoms with Gasteiger partial charge in [-0.3, -0.25) is 9.78 Å². The van der Waals surface area contributed by atoms with E-state index < -0.39 is 15.9 Å². The first-order valence-corrected chi connectivity index (χ1v) is 9.95. The summed E-state index contributed by atoms with van der Waals surface area (Å²) in [6.45, 7) is 0.658. The van der Waals surface area contributed by atoms with Gasteiger partial charge in [0, 0.05) is 24.2 Å². The van der Waals surface area contributed by atoms with Crippen LogP contribution in [0.15, 0.2) is 36.0 Å². The van der Waals surface area contributed by atoms with Crippen molar-refractivity contribution in [3.63, 3.8) is 0 Å². The Morgan fingerprint density at radius 3 is 3.00 bits per heavy atom. The number of amides is 1. The molecular weight excluding hydrogens is 334 g/mol. The standard InChI is InChI=1S/C15H17N3O3S2/c1-23(20,21)17-9-12(14-3-2-8-22-14)15(19)18-7-5-11-4-6-16-10-13(11)18/h2-4,6,8,10,12,17H,5,7,9H2,1H3/t12-/m1/s1. The molecule has 3 rings (SSSR count). The smallest absolute Gasteiger partial charge is 0.236 e. The first kappa shape index (κ1) is 16.1. The number of thiophene rings is 1. The SMILES string of the molecule is CS(=O)(=O)NC[C@@H](C(=O)N1CCc2ccncc21)c1cccs1. The van der Waals surface area contributed by atoms with E-state index in [2.05, 4.69) is 9.71 Å². The van der Waals surface area contributed by atoms with Gasteiger partial charge in [-0.15, -0.1) is 11.3 Å². The van der Waals surface area contributed by atoms with Crippen molar-refractivity contribution in [3.05, 3.63) is 46.4 Å². The lowest BCUT2D eigenvalue weighted by molar-refractivity contribution is -0.119. The highest BCUT2D eigenvalue weighted by atomic mass is 32.2. The number of hydrogen-bond acceptors (Lipinski definition) is 5. The van der Waals surface area contributed by atoms with E-state index in [1.54, 1.807) is 17.3 Å². The molecule has 0 radical (unpaired) electrons. The zero-order chi connectivity index (χ0) is 16.4. The Balaban J connectivity index is 1.87. The molecular formula is C15H17N3O3S2. The van der Waals surface area contributed by atoms with E-state index in [0.29, 0.717) is 6.54 Å². The van der Waals surface area contributed by atoms with Crippen LogP contribution in [0.25, 0.3) is 0 Å². The van der Waals surface area contributed by atoms with Gasteiger partial charge in [0.05, 0.1) is 24.1 Å². The van der Waals surface area contributed by atoms with Gasteiger partial charge in [-0.05, 0) is 29.5 Å². The summed E-state index contributed by atoms with van der Waals surface area (Å²) in [5, 5.41) is 1.88. The Morgan fingerprint density at radius 2 is 2.30 bits per heavy atom. The zero-order valence-corrected chi connectivity index (χ0v) is 14.2. The summed E-state index contributed by atoms with van der Waals surface area (Å²) in [7, 11) is -3.36. The minimum absolute atomic E-state index is 0.0598. The Hall–Kier alpha value is -1.77. The van der Waals surface area contributed by atoms with Crippen LogP contribution in [-0.4, -0.2) is 38.7 Å². The molecule has 0 spiro atoms. The molecule has 0 aromatic carbocycles. The van der Waals surface area contributed by atoms with Crippen molar-refractivity contribution < 1.29 is 13.2 Å². The van der Waals surface area contributed by atoms with Gasteiger partial charge in [-0.25, -0.2) is 13.1 Å². The molecule has 1 aliphatic rings. The maximum absolute atomic E-state index is 13.0. The molecule has 0 saturated heterocycles. The van der Waals surface area contributed by atoms with Gasteiger partial charge < -0.3 is 4.90 Å². The lowest BCUT2D eigenvalue weighted by Crippen LogP contribution is -2.39. The molecule has 3 heterocycles. The second-order valence-electron chi connectivity index (χ2n) is 5.43. The number of pyridine rings is 1. The summed E-state index contributed by atoms with van der Waals surface area (Å²) in [5.41, 5.74) is 1.91. The van der Waals surface area contributed by atoms with E-state index in [-0.39, 0.29) is 12.5 Å². The molecule has 2 aromatic heterocycles. The number of nitrogens with one attached hydrogen (secondary N) is 1. The maximum atomic E-state index is 13.0. The van der Waals surface area contributed by atoms with Crippen molar-refractivity contribution >= 4 is 33.0 Å². The fourth-order valence-electron chi connectivity index (χ4n) is 2.67. The summed E-state index contributed by atoms with van der Waals surface area (Å²) in [6.07, 6.45) is 5.29. The summed E-state index contributed by atoms with van der Waals surface area (Å²) < 4.78 is 25.3. The van der Waals surface area contributed by atoms with Crippen molar-refractivity contribution in [1.82, 2.24) is 9.71 Å². The lowest BCUT2D eigenvalue weighted by Gasteiger charge is -2.23. The van der Waals surface area contributed by atoms with Gasteiger partial charge in [-0.1, -0.05) is 6.07 Å². The second kappa shape index (κ2) is 6.38. The van der Waals surface area contributed by atoms with Crippen LogP contribution in [0.4, 0.5) is 5.69 Å². The fourth-order valence-corrected chi connectivity index (χ4v) is 3.96. The van der Waals surface area contributed by atoms with Crippen molar-refractivity contribution in [3.8, 4) is 0 Å². The molecule has 0 bridgehead atoms. The third kappa shape index (κ3) is 3.60. The van der Waals surface area contributed by atoms with Crippen molar-refractivity contribution in [1.29, 1.82) is 0 Å². The normalized spacial score (nSPS) is 15.4. The molecule has 1 aliphatic heterocycles. The molecule has 122 valence electrons. The Bertz CT molecular complexity index is 803. The third-order valence-electron chi connectivity index (χ3n) is 3.78. The molecule has 0 saturated carbocycles. The minimum Gasteiger partial charge on any atom is -0.310 e. The summed E-state index contributed by atoms with van der Waals surface area (Å²) in [5.74, 6) is -0.633. The van der Waals surface area contributed by atoms with Crippen LogP contribution < -0.4 is 9.62 Å². The predicted octanol–water partition coefficient (Wildman–Crippen LogP) is 1.37. The first-order chi connectivity index (χ1) is 11.0. The van der Waals surface area contributed by atoms with E-state index in [0.717, 1.165) is 28.8 Å². The maximum Gasteiger partial charge on any atom is 0.236 e. The number of rotatable bonds is 5. The van der Waals surface area contributed by atoms with E-state index in [9.17, 15) is 13.2 Å². The van der Waals surface area contributed by atoms with E-state index in [4.69, 9.17) is 0 Å². The van der Waals surface area contributed by atoms with Gasteiger partial charge in [0.1, 0.15) is 0 Å². The van der Waals surface area contributed by atoms with E-state index in [1.165, 1.54) is 11.3 Å². The van der Waals surface area contributed by atoms with Crippen LogP contribution in [0.5, 0.6) is 0 Å². The Morgan fingerprint density at radius 1 is 1.48 bits per heavy atom. The summed E-state index contributed by atoms with van der Waals surface area (Å²) in [4.78, 5) is 19.6. The molecule has 0 aliphatic carbocycles. The van der Waals surface area contributed by atoms with Crippen LogP contribution in [0.3, 0.4) is 0 Å². The molecule has 23 heavy (non-hydrogen) atoms. The molecule has 1 amide bonds. The van der Waals surface area contributed by atoms with Crippen LogP contribution in [0, 0.1) is 0 Å². The van der Waals surface area contributed by atoms with Crippen molar-refractivity contribution in [2.75, 3.05) is 24.2 Å². The number of carbonyl (C=O) groups is 1. The molecule has 0 fully saturated rings. The number of carbonyl (C=O) groups excluding carboxylic acids is 1. The predicted molar refractivity (Wildman–Crippen MR) is 90.2 cm³/mol. The number of sulfonamides is 1. The number of hydrogen-bond donors (Lipinski definition) is 1. The first-order valence-electron chi connectivity index (χ1n) is 7.18. The van der Waals surface area contributed by atoms with Crippen molar-refractivity contribution in [2.24, 2.45) is 0 Å². The highest BCUT2D eigenvalue weighted by Crippen LogP contribution is 2.31. The Labute approximate surface area is 139 Å². The highest BCUT2D eigenvalue weighted by Gasteiger charge is 2.32. The number of fused-ring (bicyclic) bond motifs is 1. The third-order valence-corrected chi connectivity index (χ3v) is 5.46. The fraction of sp³-hybridized carbons (Fsp3) is 0.333. The number of nitrogens with zero attached hydrogens (tertiary/aromatic N) is 2. The zero-order valence-electron chi connectivity index (χ0n) is 12.6. The molecule has 8 heteroatoms. The van der Waals surface area contributed by atoms with Crippen LogP contribution in [-0.2, 0) is 21.2 Å². The second-order valence-corrected chi connectivity index (χ2v) is 8.25.